The van der Waals surface area contributed by atoms with Gasteiger partial charge in [-0.2, -0.15) is 0 Å². The van der Waals surface area contributed by atoms with Crippen LogP contribution in [-0.4, -0.2) is 35.8 Å². The maximum atomic E-state index is 12.0. The van der Waals surface area contributed by atoms with Crippen LogP contribution >= 0.6 is 0 Å². The van der Waals surface area contributed by atoms with Gasteiger partial charge in [-0.1, -0.05) is 31.2 Å². The van der Waals surface area contributed by atoms with E-state index in [9.17, 15) is 14.4 Å². The standard InChI is InChI=1S/C18H24N2O4/c1-2-11-24-13-15-6-4-3-5-14(15)12-19-16(21)9-10-20-17(22)7-8-18(20)23/h3-6H,2,7-13H2,1H3,(H,19,21). The van der Waals surface area contributed by atoms with Gasteiger partial charge in [-0.25, -0.2) is 0 Å². The molecular formula is C18H24N2O4. The van der Waals surface area contributed by atoms with Gasteiger partial charge in [0.2, 0.25) is 17.7 Å². The van der Waals surface area contributed by atoms with Gasteiger partial charge in [0.1, 0.15) is 0 Å². The fraction of sp³-hybridized carbons (Fsp3) is 0.500. The molecule has 6 heteroatoms. The van der Waals surface area contributed by atoms with E-state index in [1.165, 1.54) is 4.90 Å². The van der Waals surface area contributed by atoms with E-state index in [0.29, 0.717) is 19.8 Å². The highest BCUT2D eigenvalue weighted by molar-refractivity contribution is 6.02. The van der Waals surface area contributed by atoms with Gasteiger partial charge in [0.25, 0.3) is 0 Å². The second-order valence-electron chi connectivity index (χ2n) is 5.79. The Hall–Kier alpha value is -2.21. The molecule has 1 aliphatic heterocycles. The Labute approximate surface area is 142 Å². The van der Waals surface area contributed by atoms with Crippen LogP contribution in [0.15, 0.2) is 24.3 Å². The molecule has 1 aliphatic rings. The fourth-order valence-corrected chi connectivity index (χ4v) is 2.57. The number of carbonyl (C=O) groups excluding carboxylic acids is 3. The van der Waals surface area contributed by atoms with Gasteiger partial charge in [-0.05, 0) is 17.5 Å². The predicted octanol–water partition coefficient (Wildman–Crippen LogP) is 1.77. The minimum Gasteiger partial charge on any atom is -0.377 e. The molecule has 1 aromatic rings. The maximum absolute atomic E-state index is 12.0. The molecule has 130 valence electrons. The van der Waals surface area contributed by atoms with E-state index in [-0.39, 0.29) is 43.5 Å². The summed E-state index contributed by atoms with van der Waals surface area (Å²) in [5.74, 6) is -0.552. The molecular weight excluding hydrogens is 308 g/mol. The third kappa shape index (κ3) is 5.16. The second-order valence-corrected chi connectivity index (χ2v) is 5.79. The number of likely N-dealkylation sites (tertiary alicyclic amines) is 1. The number of imide groups is 1. The zero-order chi connectivity index (χ0) is 17.4. The molecule has 2 rings (SSSR count). The lowest BCUT2D eigenvalue weighted by Gasteiger charge is -2.14. The summed E-state index contributed by atoms with van der Waals surface area (Å²) in [7, 11) is 0. The minimum atomic E-state index is -0.189. The molecule has 1 aromatic carbocycles. The van der Waals surface area contributed by atoms with Gasteiger partial charge >= 0.3 is 0 Å². The normalized spacial score (nSPS) is 14.3. The van der Waals surface area contributed by atoms with Crippen LogP contribution in [0.3, 0.4) is 0 Å². The van der Waals surface area contributed by atoms with Crippen LogP contribution in [0.2, 0.25) is 0 Å². The quantitative estimate of drug-likeness (QED) is 0.552. The first-order valence-corrected chi connectivity index (χ1v) is 8.36. The lowest BCUT2D eigenvalue weighted by Crippen LogP contribution is -2.34. The van der Waals surface area contributed by atoms with Gasteiger partial charge in [0.15, 0.2) is 0 Å². The number of ether oxygens (including phenoxy) is 1. The van der Waals surface area contributed by atoms with Crippen molar-refractivity contribution in [1.82, 2.24) is 10.2 Å². The van der Waals surface area contributed by atoms with E-state index in [2.05, 4.69) is 12.2 Å². The van der Waals surface area contributed by atoms with Gasteiger partial charge in [-0.3, -0.25) is 19.3 Å². The number of hydrogen-bond acceptors (Lipinski definition) is 4. The smallest absolute Gasteiger partial charge is 0.229 e. The van der Waals surface area contributed by atoms with Crippen molar-refractivity contribution in [1.29, 1.82) is 0 Å². The number of nitrogens with zero attached hydrogens (tertiary/aromatic N) is 1. The van der Waals surface area contributed by atoms with Crippen LogP contribution in [0.1, 0.15) is 43.7 Å². The number of nitrogens with one attached hydrogen (secondary N) is 1. The molecule has 1 saturated heterocycles. The van der Waals surface area contributed by atoms with Crippen LogP contribution in [0.4, 0.5) is 0 Å². The summed E-state index contributed by atoms with van der Waals surface area (Å²) < 4.78 is 5.56. The lowest BCUT2D eigenvalue weighted by molar-refractivity contribution is -0.138. The average Bonchev–Trinajstić information content (AvgIpc) is 2.90. The molecule has 3 amide bonds. The van der Waals surface area contributed by atoms with E-state index >= 15 is 0 Å². The van der Waals surface area contributed by atoms with Crippen molar-refractivity contribution in [2.75, 3.05) is 13.2 Å². The van der Waals surface area contributed by atoms with Crippen molar-refractivity contribution < 1.29 is 19.1 Å². The summed E-state index contributed by atoms with van der Waals surface area (Å²) in [5.41, 5.74) is 2.06. The van der Waals surface area contributed by atoms with Crippen LogP contribution in [-0.2, 0) is 32.3 Å². The molecule has 0 spiro atoms. The first-order valence-electron chi connectivity index (χ1n) is 8.36. The van der Waals surface area contributed by atoms with E-state index in [1.54, 1.807) is 0 Å². The molecule has 1 N–H and O–H groups in total. The molecule has 0 unspecified atom stereocenters. The Kier molecular flexibility index (Phi) is 6.93. The highest BCUT2D eigenvalue weighted by Gasteiger charge is 2.28. The minimum absolute atomic E-state index is 0.131. The van der Waals surface area contributed by atoms with E-state index in [4.69, 9.17) is 4.74 Å². The van der Waals surface area contributed by atoms with Crippen molar-refractivity contribution in [2.24, 2.45) is 0 Å². The van der Waals surface area contributed by atoms with Crippen molar-refractivity contribution in [3.05, 3.63) is 35.4 Å². The summed E-state index contributed by atoms with van der Waals surface area (Å²) in [6.07, 6.45) is 1.61. The zero-order valence-electron chi connectivity index (χ0n) is 14.0. The molecule has 0 bridgehead atoms. The fourth-order valence-electron chi connectivity index (χ4n) is 2.57. The van der Waals surface area contributed by atoms with Crippen molar-refractivity contribution in [3.63, 3.8) is 0 Å². The van der Waals surface area contributed by atoms with Crippen molar-refractivity contribution in [2.45, 2.75) is 45.8 Å². The third-order valence-corrected chi connectivity index (χ3v) is 3.92. The lowest BCUT2D eigenvalue weighted by atomic mass is 10.1. The molecule has 1 fully saturated rings. The third-order valence-electron chi connectivity index (χ3n) is 3.92. The molecule has 0 saturated carbocycles. The highest BCUT2D eigenvalue weighted by Crippen LogP contribution is 2.12. The van der Waals surface area contributed by atoms with E-state index < -0.39 is 0 Å². The van der Waals surface area contributed by atoms with Crippen LogP contribution in [0.25, 0.3) is 0 Å². The topological polar surface area (TPSA) is 75.7 Å². The summed E-state index contributed by atoms with van der Waals surface area (Å²) in [6.45, 7) is 3.86. The average molecular weight is 332 g/mol. The molecule has 6 nitrogen and oxygen atoms in total. The number of rotatable bonds is 9. The SMILES string of the molecule is CCCOCc1ccccc1CNC(=O)CCN1C(=O)CCC1=O. The van der Waals surface area contributed by atoms with Gasteiger partial charge < -0.3 is 10.1 Å². The number of amides is 3. The predicted molar refractivity (Wildman–Crippen MR) is 88.8 cm³/mol. The van der Waals surface area contributed by atoms with Crippen LogP contribution < -0.4 is 5.32 Å². The maximum Gasteiger partial charge on any atom is 0.229 e. The van der Waals surface area contributed by atoms with Gasteiger partial charge in [-0.15, -0.1) is 0 Å². The Morgan fingerprint density at radius 3 is 2.50 bits per heavy atom. The molecule has 24 heavy (non-hydrogen) atoms. The van der Waals surface area contributed by atoms with Crippen molar-refractivity contribution in [3.8, 4) is 0 Å². The van der Waals surface area contributed by atoms with E-state index in [1.807, 2.05) is 24.3 Å². The Bertz CT molecular complexity index is 584. The Morgan fingerprint density at radius 1 is 1.17 bits per heavy atom. The highest BCUT2D eigenvalue weighted by atomic mass is 16.5. The van der Waals surface area contributed by atoms with E-state index in [0.717, 1.165) is 17.5 Å². The monoisotopic (exact) mass is 332 g/mol. The Balaban J connectivity index is 1.79. The summed E-state index contributed by atoms with van der Waals surface area (Å²) >= 11 is 0. The van der Waals surface area contributed by atoms with Crippen molar-refractivity contribution >= 4 is 17.7 Å². The summed E-state index contributed by atoms with van der Waals surface area (Å²) in [6, 6.07) is 7.81. The molecule has 1 heterocycles. The Morgan fingerprint density at radius 2 is 1.83 bits per heavy atom. The van der Waals surface area contributed by atoms with Gasteiger partial charge in [0, 0.05) is 39.0 Å². The van der Waals surface area contributed by atoms with Gasteiger partial charge in [0.05, 0.1) is 6.61 Å². The number of hydrogen-bond donors (Lipinski definition) is 1. The first-order chi connectivity index (χ1) is 11.6. The van der Waals surface area contributed by atoms with Crippen LogP contribution in [0.5, 0.6) is 0 Å². The number of carbonyl (C=O) groups is 3. The summed E-state index contributed by atoms with van der Waals surface area (Å²) in [4.78, 5) is 36.2. The number of benzene rings is 1. The summed E-state index contributed by atoms with van der Waals surface area (Å²) in [5, 5.41) is 2.84. The molecule has 0 atom stereocenters. The van der Waals surface area contributed by atoms with Crippen LogP contribution in [0, 0.1) is 0 Å². The molecule has 0 aromatic heterocycles. The molecule has 0 radical (unpaired) electrons. The zero-order valence-corrected chi connectivity index (χ0v) is 14.0. The largest absolute Gasteiger partial charge is 0.377 e. The molecule has 0 aliphatic carbocycles. The second kappa shape index (κ2) is 9.17. The first kappa shape index (κ1) is 18.1.